The minimum Gasteiger partial charge on any atom is -0.465 e. The first-order chi connectivity index (χ1) is 13.3. The average molecular weight is 465 g/mol. The van der Waals surface area contributed by atoms with Crippen molar-refractivity contribution in [1.29, 1.82) is 0 Å². The molecule has 0 aliphatic heterocycles. The number of thiophene rings is 1. The predicted octanol–water partition coefficient (Wildman–Crippen LogP) is 2.29. The zero-order chi connectivity index (χ0) is 20.6. The summed E-state index contributed by atoms with van der Waals surface area (Å²) in [7, 11) is -2.02. The van der Waals surface area contributed by atoms with Gasteiger partial charge in [0, 0.05) is 20.0 Å². The molecule has 13 heteroatoms. The molecule has 1 N–H and O–H groups in total. The zero-order valence-corrected chi connectivity index (χ0v) is 18.5. The van der Waals surface area contributed by atoms with E-state index < -0.39 is 10.0 Å². The molecule has 2 aromatic rings. The molecule has 0 aliphatic carbocycles. The van der Waals surface area contributed by atoms with Crippen molar-refractivity contribution in [3.8, 4) is 0 Å². The molecular formula is C15H20N4O5S4. The molecule has 0 spiro atoms. The van der Waals surface area contributed by atoms with E-state index in [1.807, 2.05) is 0 Å². The Morgan fingerprint density at radius 1 is 1.36 bits per heavy atom. The van der Waals surface area contributed by atoms with Crippen LogP contribution in [0.5, 0.6) is 0 Å². The second-order valence-electron chi connectivity index (χ2n) is 5.38. The molecule has 0 atom stereocenters. The van der Waals surface area contributed by atoms with Crippen molar-refractivity contribution in [1.82, 2.24) is 14.5 Å². The summed E-state index contributed by atoms with van der Waals surface area (Å²) >= 11 is 3.50. The minimum atomic E-state index is -3.51. The number of amides is 1. The monoisotopic (exact) mass is 464 g/mol. The lowest BCUT2D eigenvalue weighted by Crippen LogP contribution is -2.28. The Labute approximate surface area is 175 Å². The summed E-state index contributed by atoms with van der Waals surface area (Å²) in [6.45, 7) is 2.28. The number of sulfonamides is 1. The van der Waals surface area contributed by atoms with Crippen LogP contribution in [0.15, 0.2) is 26.1 Å². The van der Waals surface area contributed by atoms with E-state index in [2.05, 4.69) is 15.5 Å². The van der Waals surface area contributed by atoms with Crippen LogP contribution in [0.3, 0.4) is 0 Å². The highest BCUT2D eigenvalue weighted by Crippen LogP contribution is 2.25. The first kappa shape index (κ1) is 22.7. The van der Waals surface area contributed by atoms with Gasteiger partial charge in [0.1, 0.15) is 4.21 Å². The van der Waals surface area contributed by atoms with Crippen LogP contribution in [-0.4, -0.2) is 60.7 Å². The van der Waals surface area contributed by atoms with Crippen molar-refractivity contribution < 1.29 is 22.7 Å². The molecule has 0 aromatic carbocycles. The van der Waals surface area contributed by atoms with Crippen LogP contribution in [0.1, 0.15) is 19.8 Å². The summed E-state index contributed by atoms with van der Waals surface area (Å²) in [5.74, 6) is -0.489. The standard InChI is InChI=1S/C15H20N4O5S4/c1-3-24-12(21)10-26-15-18-17-14(27-15)16-11(20)6-4-8-19(2)28(22,23)13-7-5-9-25-13/h5,7,9H,3-4,6,8,10H2,1-2H3,(H,16,17,20). The number of thioether (sulfide) groups is 1. The van der Waals surface area contributed by atoms with E-state index in [0.717, 1.165) is 22.7 Å². The summed E-state index contributed by atoms with van der Waals surface area (Å²) in [5, 5.41) is 12.4. The number of hydrogen-bond donors (Lipinski definition) is 1. The number of nitrogens with zero attached hydrogens (tertiary/aromatic N) is 3. The molecule has 2 heterocycles. The molecule has 28 heavy (non-hydrogen) atoms. The summed E-state index contributed by atoms with van der Waals surface area (Å²) in [6, 6.07) is 3.23. The van der Waals surface area contributed by atoms with Gasteiger partial charge in [0.25, 0.3) is 10.0 Å². The molecule has 0 unspecified atom stereocenters. The Kier molecular flexibility index (Phi) is 8.82. The highest BCUT2D eigenvalue weighted by atomic mass is 32.2. The Balaban J connectivity index is 1.73. The Bertz CT molecular complexity index is 882. The van der Waals surface area contributed by atoms with E-state index in [0.29, 0.717) is 22.5 Å². The van der Waals surface area contributed by atoms with Crippen LogP contribution in [0.2, 0.25) is 0 Å². The molecule has 154 valence electrons. The highest BCUT2D eigenvalue weighted by Gasteiger charge is 2.21. The number of nitrogens with one attached hydrogen (secondary N) is 1. The number of esters is 1. The van der Waals surface area contributed by atoms with Gasteiger partial charge in [-0.05, 0) is 24.8 Å². The fourth-order valence-corrected chi connectivity index (χ4v) is 5.95. The van der Waals surface area contributed by atoms with Crippen molar-refractivity contribution >= 4 is 61.5 Å². The molecule has 1 amide bonds. The SMILES string of the molecule is CCOC(=O)CSc1nnc(NC(=O)CCCN(C)S(=O)(=O)c2cccs2)s1. The maximum absolute atomic E-state index is 12.3. The molecule has 0 saturated heterocycles. The van der Waals surface area contributed by atoms with E-state index >= 15 is 0 Å². The molecule has 0 aliphatic rings. The lowest BCUT2D eigenvalue weighted by molar-refractivity contribution is -0.139. The predicted molar refractivity (Wildman–Crippen MR) is 109 cm³/mol. The lowest BCUT2D eigenvalue weighted by Gasteiger charge is -2.15. The number of carbonyl (C=O) groups excluding carboxylic acids is 2. The van der Waals surface area contributed by atoms with Gasteiger partial charge >= 0.3 is 5.97 Å². The van der Waals surface area contributed by atoms with Crippen LogP contribution in [-0.2, 0) is 24.3 Å². The number of anilines is 1. The second kappa shape index (κ2) is 10.9. The summed E-state index contributed by atoms with van der Waals surface area (Å²) in [4.78, 5) is 23.3. The van der Waals surface area contributed by atoms with E-state index in [-0.39, 0.29) is 34.8 Å². The van der Waals surface area contributed by atoms with E-state index in [4.69, 9.17) is 4.74 Å². The van der Waals surface area contributed by atoms with Crippen molar-refractivity contribution in [3.05, 3.63) is 17.5 Å². The van der Waals surface area contributed by atoms with Gasteiger partial charge in [0.15, 0.2) is 4.34 Å². The van der Waals surface area contributed by atoms with Gasteiger partial charge in [-0.2, -0.15) is 0 Å². The van der Waals surface area contributed by atoms with Crippen molar-refractivity contribution in [3.63, 3.8) is 0 Å². The van der Waals surface area contributed by atoms with Gasteiger partial charge in [-0.1, -0.05) is 29.2 Å². The first-order valence-electron chi connectivity index (χ1n) is 8.24. The number of carbonyl (C=O) groups is 2. The number of hydrogen-bond acceptors (Lipinski definition) is 10. The third kappa shape index (κ3) is 6.81. The molecular weight excluding hydrogens is 444 g/mol. The molecule has 0 radical (unpaired) electrons. The van der Waals surface area contributed by atoms with Gasteiger partial charge in [0.05, 0.1) is 12.4 Å². The van der Waals surface area contributed by atoms with Crippen LogP contribution in [0.4, 0.5) is 5.13 Å². The normalized spacial score (nSPS) is 11.5. The van der Waals surface area contributed by atoms with Gasteiger partial charge in [0.2, 0.25) is 11.0 Å². The summed E-state index contributed by atoms with van der Waals surface area (Å²) in [6.07, 6.45) is 0.519. The number of rotatable bonds is 11. The zero-order valence-electron chi connectivity index (χ0n) is 15.3. The minimum absolute atomic E-state index is 0.126. The first-order valence-corrected chi connectivity index (χ1v) is 12.4. The third-order valence-corrected chi connectivity index (χ3v) is 8.48. The lowest BCUT2D eigenvalue weighted by atomic mass is 10.3. The fourth-order valence-electron chi connectivity index (χ4n) is 1.97. The molecule has 0 saturated carbocycles. The van der Waals surface area contributed by atoms with Gasteiger partial charge < -0.3 is 10.1 Å². The largest absolute Gasteiger partial charge is 0.465 e. The van der Waals surface area contributed by atoms with Gasteiger partial charge in [-0.3, -0.25) is 9.59 Å². The Morgan fingerprint density at radius 3 is 2.82 bits per heavy atom. The van der Waals surface area contributed by atoms with Crippen LogP contribution in [0.25, 0.3) is 0 Å². The molecule has 2 rings (SSSR count). The van der Waals surface area contributed by atoms with E-state index in [1.54, 1.807) is 24.4 Å². The van der Waals surface area contributed by atoms with E-state index in [1.165, 1.54) is 23.1 Å². The van der Waals surface area contributed by atoms with Crippen molar-refractivity contribution in [2.24, 2.45) is 0 Å². The van der Waals surface area contributed by atoms with Gasteiger partial charge in [-0.15, -0.1) is 21.5 Å². The molecule has 0 fully saturated rings. The molecule has 9 nitrogen and oxygen atoms in total. The smallest absolute Gasteiger partial charge is 0.316 e. The quantitative estimate of drug-likeness (QED) is 0.306. The topological polar surface area (TPSA) is 119 Å². The Hall–Kier alpha value is -1.54. The number of aromatic nitrogens is 2. The van der Waals surface area contributed by atoms with Crippen LogP contribution < -0.4 is 5.32 Å². The van der Waals surface area contributed by atoms with Crippen molar-refractivity contribution in [2.75, 3.05) is 31.3 Å². The Morgan fingerprint density at radius 2 is 2.14 bits per heavy atom. The van der Waals surface area contributed by atoms with Crippen LogP contribution >= 0.6 is 34.4 Å². The van der Waals surface area contributed by atoms with E-state index in [9.17, 15) is 18.0 Å². The second-order valence-corrected chi connectivity index (χ2v) is 10.8. The maximum Gasteiger partial charge on any atom is 0.316 e. The summed E-state index contributed by atoms with van der Waals surface area (Å²) < 4.78 is 31.5. The van der Waals surface area contributed by atoms with Crippen LogP contribution in [0, 0.1) is 0 Å². The highest BCUT2D eigenvalue weighted by molar-refractivity contribution is 8.01. The number of ether oxygens (including phenoxy) is 1. The van der Waals surface area contributed by atoms with Crippen molar-refractivity contribution in [2.45, 2.75) is 28.3 Å². The third-order valence-electron chi connectivity index (χ3n) is 3.31. The maximum atomic E-state index is 12.3. The molecule has 2 aromatic heterocycles. The van der Waals surface area contributed by atoms with Gasteiger partial charge in [-0.25, -0.2) is 12.7 Å². The molecule has 0 bridgehead atoms. The average Bonchev–Trinajstić information content (AvgIpc) is 3.32. The fraction of sp³-hybridized carbons (Fsp3) is 0.467. The summed E-state index contributed by atoms with van der Waals surface area (Å²) in [5.41, 5.74) is 0.